The lowest BCUT2D eigenvalue weighted by Gasteiger charge is -2.23. The third kappa shape index (κ3) is 3.83. The van der Waals surface area contributed by atoms with E-state index >= 15 is 0 Å². The normalized spacial score (nSPS) is 28.2. The number of carbonyl (C=O) groups excluding carboxylic acids is 1. The predicted molar refractivity (Wildman–Crippen MR) is 82.1 cm³/mol. The Balaban J connectivity index is 2.19. The van der Waals surface area contributed by atoms with Crippen LogP contribution in [0.5, 0.6) is 0 Å². The van der Waals surface area contributed by atoms with Crippen LogP contribution in [0.1, 0.15) is 20.1 Å². The zero-order valence-electron chi connectivity index (χ0n) is 13.9. The molecule has 6 atom stereocenters. The monoisotopic (exact) mass is 377 g/mol. The molecule has 2 rings (SSSR count). The average Bonchev–Trinajstić information content (AvgIpc) is 2.85. The van der Waals surface area contributed by atoms with Crippen molar-refractivity contribution in [3.05, 3.63) is 32.9 Å². The molecular weight excluding hydrogens is 357 g/mol. The number of nitrogens with one attached hydrogen (secondary N) is 1. The van der Waals surface area contributed by atoms with Gasteiger partial charge < -0.3 is 30.5 Å². The molecule has 1 unspecified atom stereocenters. The minimum absolute atomic E-state index is 0.287. The van der Waals surface area contributed by atoms with Gasteiger partial charge in [0.05, 0.1) is 6.20 Å². The summed E-state index contributed by atoms with van der Waals surface area (Å²) in [5.74, 6) is -2.58. The number of aliphatic hydroxyl groups excluding tert-OH is 3. The average molecular weight is 377 g/mol. The van der Waals surface area contributed by atoms with Crippen molar-refractivity contribution in [2.75, 3.05) is 0 Å². The summed E-state index contributed by atoms with van der Waals surface area (Å²) in [5, 5.41) is 30.0. The van der Waals surface area contributed by atoms with Gasteiger partial charge in [-0.1, -0.05) is 13.8 Å². The molecule has 0 aliphatic carbocycles. The second kappa shape index (κ2) is 7.63. The molecule has 0 spiro atoms. The number of nitrogens with two attached hydrogens (primary N) is 1. The van der Waals surface area contributed by atoms with E-state index in [2.05, 4.69) is 0 Å². The van der Waals surface area contributed by atoms with Crippen LogP contribution >= 0.6 is 0 Å². The lowest BCUT2D eigenvalue weighted by molar-refractivity contribution is -0.205. The molecule has 1 fully saturated rings. The van der Waals surface area contributed by atoms with Gasteiger partial charge in [-0.3, -0.25) is 19.1 Å². The van der Waals surface area contributed by atoms with Gasteiger partial charge in [-0.2, -0.15) is 4.39 Å². The van der Waals surface area contributed by atoms with Crippen LogP contribution in [-0.4, -0.2) is 61.5 Å². The summed E-state index contributed by atoms with van der Waals surface area (Å²) in [6.45, 7) is 3.30. The quantitative estimate of drug-likeness (QED) is 0.267. The maximum atomic E-state index is 13.4. The van der Waals surface area contributed by atoms with Crippen LogP contribution in [-0.2, 0) is 14.3 Å². The van der Waals surface area contributed by atoms with Gasteiger partial charge in [-0.15, -0.1) is 0 Å². The molecule has 0 radical (unpaired) electrons. The van der Waals surface area contributed by atoms with Gasteiger partial charge in [0.2, 0.25) is 12.1 Å². The van der Waals surface area contributed by atoms with Gasteiger partial charge in [0, 0.05) is 0 Å². The Labute approximate surface area is 145 Å². The summed E-state index contributed by atoms with van der Waals surface area (Å²) in [4.78, 5) is 36.3. The standard InChI is InChI=1S/C14H20FN3O8/c1-4(2)6(16)12(22)26-13(23)9-7(19)8(20)11(25-9)18-3-5(15)10(21)17-14(18)24/h3-4,6-9,11,13,19-20,23H,16H2,1-2H3,(H,17,21,24)/t6-,7-,8+,9-,11+,13?/m0/s1. The van der Waals surface area contributed by atoms with Gasteiger partial charge >= 0.3 is 11.7 Å². The zero-order valence-corrected chi connectivity index (χ0v) is 13.9. The lowest BCUT2D eigenvalue weighted by Crippen LogP contribution is -2.45. The summed E-state index contributed by atoms with van der Waals surface area (Å²) in [6.07, 6.45) is -8.36. The molecule has 0 amide bonds. The van der Waals surface area contributed by atoms with E-state index in [4.69, 9.17) is 15.2 Å². The molecule has 12 heteroatoms. The molecule has 6 N–H and O–H groups in total. The van der Waals surface area contributed by atoms with Crippen LogP contribution in [0.4, 0.5) is 4.39 Å². The van der Waals surface area contributed by atoms with Gasteiger partial charge in [0.1, 0.15) is 18.2 Å². The van der Waals surface area contributed by atoms with E-state index in [9.17, 15) is 34.1 Å². The summed E-state index contributed by atoms with van der Waals surface area (Å²) in [7, 11) is 0. The Hall–Kier alpha value is -2.12. The minimum Gasteiger partial charge on any atom is -0.432 e. The number of H-pyrrole nitrogens is 1. The smallest absolute Gasteiger partial charge is 0.330 e. The Morgan fingerprint density at radius 1 is 1.38 bits per heavy atom. The molecule has 1 aromatic rings. The van der Waals surface area contributed by atoms with Crippen molar-refractivity contribution in [2.45, 2.75) is 50.7 Å². The number of hydrogen-bond donors (Lipinski definition) is 5. The molecule has 1 aliphatic rings. The van der Waals surface area contributed by atoms with E-state index < -0.39 is 59.9 Å². The first-order valence-corrected chi connectivity index (χ1v) is 7.71. The van der Waals surface area contributed by atoms with Gasteiger partial charge in [-0.25, -0.2) is 4.79 Å². The Morgan fingerprint density at radius 3 is 2.58 bits per heavy atom. The zero-order chi connectivity index (χ0) is 19.8. The molecular formula is C14H20FN3O8. The summed E-state index contributed by atoms with van der Waals surface area (Å²) in [6, 6.07) is -1.04. The summed E-state index contributed by atoms with van der Waals surface area (Å²) < 4.78 is 23.8. The van der Waals surface area contributed by atoms with Crippen molar-refractivity contribution in [1.29, 1.82) is 0 Å². The van der Waals surface area contributed by atoms with Crippen molar-refractivity contribution in [1.82, 2.24) is 9.55 Å². The highest BCUT2D eigenvalue weighted by molar-refractivity contribution is 5.75. The fourth-order valence-electron chi connectivity index (χ4n) is 2.34. The molecule has 1 aromatic heterocycles. The highest BCUT2D eigenvalue weighted by Gasteiger charge is 2.49. The fourth-order valence-corrected chi connectivity index (χ4v) is 2.34. The number of halogens is 1. The SMILES string of the molecule is CC(C)[C@H](N)C(=O)OC(O)[C@H]1O[C@@H](n2cc(F)c(=O)[nH]c2=O)[C@H](O)[C@@H]1O. The molecule has 0 aromatic carbocycles. The number of rotatable bonds is 5. The number of carbonyl (C=O) groups is 1. The van der Waals surface area contributed by atoms with Crippen molar-refractivity contribution < 1.29 is 34.0 Å². The van der Waals surface area contributed by atoms with Gasteiger partial charge in [-0.05, 0) is 5.92 Å². The minimum atomic E-state index is -2.01. The predicted octanol–water partition coefficient (Wildman–Crippen LogP) is -2.86. The van der Waals surface area contributed by atoms with E-state index in [1.807, 2.05) is 0 Å². The van der Waals surface area contributed by atoms with Crippen molar-refractivity contribution in [3.63, 3.8) is 0 Å². The largest absolute Gasteiger partial charge is 0.432 e. The van der Waals surface area contributed by atoms with Crippen molar-refractivity contribution in [2.24, 2.45) is 11.7 Å². The third-order valence-corrected chi connectivity index (χ3v) is 3.98. The maximum Gasteiger partial charge on any atom is 0.330 e. The maximum absolute atomic E-state index is 13.4. The number of hydrogen-bond acceptors (Lipinski definition) is 9. The summed E-state index contributed by atoms with van der Waals surface area (Å²) >= 11 is 0. The first-order chi connectivity index (χ1) is 12.0. The first kappa shape index (κ1) is 20.2. The molecule has 0 bridgehead atoms. The first-order valence-electron chi connectivity index (χ1n) is 7.71. The molecule has 2 heterocycles. The van der Waals surface area contributed by atoms with E-state index in [1.165, 1.54) is 0 Å². The van der Waals surface area contributed by atoms with E-state index in [0.29, 0.717) is 10.8 Å². The number of ether oxygens (including phenoxy) is 2. The van der Waals surface area contributed by atoms with Crippen LogP contribution in [0.2, 0.25) is 0 Å². The molecule has 0 saturated carbocycles. The topological polar surface area (TPSA) is 177 Å². The van der Waals surface area contributed by atoms with Crippen LogP contribution in [0, 0.1) is 11.7 Å². The van der Waals surface area contributed by atoms with Crippen LogP contribution < -0.4 is 17.0 Å². The van der Waals surface area contributed by atoms with Crippen LogP contribution in [0.15, 0.2) is 15.8 Å². The fraction of sp³-hybridized carbons (Fsp3) is 0.643. The Kier molecular flexibility index (Phi) is 5.93. The number of aliphatic hydroxyl groups is 3. The third-order valence-electron chi connectivity index (χ3n) is 3.98. The van der Waals surface area contributed by atoms with E-state index in [0.717, 1.165) is 0 Å². The van der Waals surface area contributed by atoms with Crippen LogP contribution in [0.3, 0.4) is 0 Å². The highest BCUT2D eigenvalue weighted by atomic mass is 19.1. The number of aromatic nitrogens is 2. The van der Waals surface area contributed by atoms with Gasteiger partial charge in [0.15, 0.2) is 12.3 Å². The molecule has 1 saturated heterocycles. The van der Waals surface area contributed by atoms with E-state index in [-0.39, 0.29) is 5.92 Å². The highest BCUT2D eigenvalue weighted by Crippen LogP contribution is 2.30. The number of aromatic amines is 1. The van der Waals surface area contributed by atoms with Crippen molar-refractivity contribution >= 4 is 5.97 Å². The Morgan fingerprint density at radius 2 is 2.00 bits per heavy atom. The van der Waals surface area contributed by atoms with Crippen molar-refractivity contribution in [3.8, 4) is 0 Å². The van der Waals surface area contributed by atoms with E-state index in [1.54, 1.807) is 18.8 Å². The molecule has 26 heavy (non-hydrogen) atoms. The molecule has 1 aliphatic heterocycles. The summed E-state index contributed by atoms with van der Waals surface area (Å²) in [5.41, 5.74) is 3.20. The second-order valence-electron chi connectivity index (χ2n) is 6.21. The lowest BCUT2D eigenvalue weighted by atomic mass is 10.1. The number of esters is 1. The second-order valence-corrected chi connectivity index (χ2v) is 6.21. The number of nitrogens with zero attached hydrogens (tertiary/aromatic N) is 1. The van der Waals surface area contributed by atoms with Crippen LogP contribution in [0.25, 0.3) is 0 Å². The molecule has 11 nitrogen and oxygen atoms in total. The molecule has 146 valence electrons. The Bertz CT molecular complexity index is 778. The van der Waals surface area contributed by atoms with Gasteiger partial charge in [0.25, 0.3) is 5.56 Å².